The lowest BCUT2D eigenvalue weighted by atomic mass is 10.1. The monoisotopic (exact) mass is 627 g/mol. The van der Waals surface area contributed by atoms with E-state index in [1.165, 1.54) is 19.3 Å². The molecular weight excluding hydrogens is 569 g/mol. The van der Waals surface area contributed by atoms with Crippen molar-refractivity contribution in [3.63, 3.8) is 0 Å². The van der Waals surface area contributed by atoms with Crippen molar-refractivity contribution < 1.29 is 37.6 Å². The third-order valence-corrected chi connectivity index (χ3v) is 7.21. The SMILES string of the molecule is CC/C=C/C/C=C/C/C=C/C/C=C/CCCCC(=O)O[C@H](COC(=O)CCCCCCCCC)COP(=O)(O)OCCN. The molecule has 0 aliphatic carbocycles. The Labute approximate surface area is 260 Å². The van der Waals surface area contributed by atoms with Gasteiger partial charge in [0, 0.05) is 19.4 Å². The van der Waals surface area contributed by atoms with E-state index in [9.17, 15) is 19.0 Å². The Balaban J connectivity index is 4.39. The van der Waals surface area contributed by atoms with Gasteiger partial charge >= 0.3 is 19.8 Å². The van der Waals surface area contributed by atoms with Crippen LogP contribution in [0.1, 0.15) is 117 Å². The first-order chi connectivity index (χ1) is 20.8. The fourth-order valence-electron chi connectivity index (χ4n) is 3.86. The van der Waals surface area contributed by atoms with Gasteiger partial charge in [-0.1, -0.05) is 101 Å². The second-order valence-corrected chi connectivity index (χ2v) is 11.8. The van der Waals surface area contributed by atoms with Crippen molar-refractivity contribution in [1.29, 1.82) is 0 Å². The van der Waals surface area contributed by atoms with E-state index in [-0.39, 0.29) is 32.6 Å². The Morgan fingerprint density at radius 2 is 1.28 bits per heavy atom. The highest BCUT2D eigenvalue weighted by molar-refractivity contribution is 7.47. The molecule has 0 spiro atoms. The predicted molar refractivity (Wildman–Crippen MR) is 173 cm³/mol. The number of hydrogen-bond donors (Lipinski definition) is 2. The number of hydrogen-bond acceptors (Lipinski definition) is 8. The first kappa shape index (κ1) is 41.0. The summed E-state index contributed by atoms with van der Waals surface area (Å²) >= 11 is 0. The average Bonchev–Trinajstić information content (AvgIpc) is 2.99. The van der Waals surface area contributed by atoms with Crippen molar-refractivity contribution in [2.75, 3.05) is 26.4 Å². The van der Waals surface area contributed by atoms with Crippen LogP contribution in [0.2, 0.25) is 0 Å². The fourth-order valence-corrected chi connectivity index (χ4v) is 4.62. The van der Waals surface area contributed by atoms with Gasteiger partial charge in [0.05, 0.1) is 13.2 Å². The largest absolute Gasteiger partial charge is 0.472 e. The lowest BCUT2D eigenvalue weighted by Gasteiger charge is -2.19. The predicted octanol–water partition coefficient (Wildman–Crippen LogP) is 8.04. The third kappa shape index (κ3) is 29.8. The quantitative estimate of drug-likeness (QED) is 0.0366. The number of nitrogens with two attached hydrogens (primary N) is 1. The van der Waals surface area contributed by atoms with Crippen LogP contribution in [0, 0.1) is 0 Å². The Morgan fingerprint density at radius 1 is 0.721 bits per heavy atom. The number of carbonyl (C=O) groups excluding carboxylic acids is 2. The van der Waals surface area contributed by atoms with Crippen molar-refractivity contribution in [2.45, 2.75) is 123 Å². The maximum Gasteiger partial charge on any atom is 0.472 e. The van der Waals surface area contributed by atoms with Crippen LogP contribution < -0.4 is 5.73 Å². The Bertz CT molecular complexity index is 856. The number of phosphoric acid groups is 1. The lowest BCUT2D eigenvalue weighted by Crippen LogP contribution is -2.29. The van der Waals surface area contributed by atoms with Gasteiger partial charge in [-0.25, -0.2) is 4.57 Å². The van der Waals surface area contributed by atoms with Gasteiger partial charge in [0.2, 0.25) is 0 Å². The minimum Gasteiger partial charge on any atom is -0.462 e. The number of esters is 2. The number of rotatable bonds is 29. The molecule has 0 bridgehead atoms. The molecule has 3 N–H and O–H groups in total. The van der Waals surface area contributed by atoms with Gasteiger partial charge in [0.1, 0.15) is 6.61 Å². The van der Waals surface area contributed by atoms with Crippen molar-refractivity contribution in [3.05, 3.63) is 48.6 Å². The summed E-state index contributed by atoms with van der Waals surface area (Å²) in [6, 6.07) is 0. The second-order valence-electron chi connectivity index (χ2n) is 10.3. The van der Waals surface area contributed by atoms with Crippen LogP contribution in [0.3, 0.4) is 0 Å². The number of phosphoric ester groups is 1. The van der Waals surface area contributed by atoms with E-state index < -0.39 is 32.5 Å². The summed E-state index contributed by atoms with van der Waals surface area (Å²) in [6.45, 7) is 3.47. The molecule has 0 aromatic carbocycles. The molecule has 0 aliphatic rings. The molecule has 9 nitrogen and oxygen atoms in total. The molecule has 0 heterocycles. The molecule has 0 saturated heterocycles. The van der Waals surface area contributed by atoms with Crippen molar-refractivity contribution >= 4 is 19.8 Å². The number of unbranched alkanes of at least 4 members (excludes halogenated alkanes) is 8. The highest BCUT2D eigenvalue weighted by Crippen LogP contribution is 2.43. The standard InChI is InChI=1S/C33H58NO8P/c1-3-5-7-9-11-12-13-14-15-16-17-18-20-22-24-26-33(36)42-31(30-41-43(37,38)40-28-27-34)29-39-32(35)25-23-21-19-10-8-6-4-2/h5,7,11-12,14-15,17-18,31H,3-4,6,8-10,13,16,19-30,34H2,1-2H3,(H,37,38)/b7-5+,12-11+,15-14+,18-17+/t31-/m1/s1. The smallest absolute Gasteiger partial charge is 0.462 e. The summed E-state index contributed by atoms with van der Waals surface area (Å²) < 4.78 is 32.3. The normalized spacial score (nSPS) is 14.2. The van der Waals surface area contributed by atoms with E-state index in [1.807, 2.05) is 0 Å². The van der Waals surface area contributed by atoms with Gasteiger partial charge in [0.15, 0.2) is 6.10 Å². The van der Waals surface area contributed by atoms with Crippen molar-refractivity contribution in [2.24, 2.45) is 5.73 Å². The summed E-state index contributed by atoms with van der Waals surface area (Å²) in [4.78, 5) is 34.4. The molecule has 248 valence electrons. The zero-order chi connectivity index (χ0) is 31.9. The summed E-state index contributed by atoms with van der Waals surface area (Å²) in [5.41, 5.74) is 5.30. The van der Waals surface area contributed by atoms with Crippen molar-refractivity contribution in [1.82, 2.24) is 0 Å². The summed E-state index contributed by atoms with van der Waals surface area (Å²) in [5, 5.41) is 0. The van der Waals surface area contributed by atoms with Crippen LogP contribution in [0.5, 0.6) is 0 Å². The molecular formula is C33H58NO8P. The first-order valence-electron chi connectivity index (χ1n) is 16.1. The average molecular weight is 628 g/mol. The third-order valence-electron chi connectivity index (χ3n) is 6.23. The molecule has 0 saturated carbocycles. The van der Waals surface area contributed by atoms with Gasteiger partial charge in [-0.05, 0) is 51.4 Å². The van der Waals surface area contributed by atoms with Gasteiger partial charge in [-0.15, -0.1) is 0 Å². The zero-order valence-corrected chi connectivity index (χ0v) is 27.6. The molecule has 0 aromatic rings. The Morgan fingerprint density at radius 3 is 1.91 bits per heavy atom. The first-order valence-corrected chi connectivity index (χ1v) is 17.6. The maximum atomic E-state index is 12.4. The lowest BCUT2D eigenvalue weighted by molar-refractivity contribution is -0.161. The summed E-state index contributed by atoms with van der Waals surface area (Å²) in [7, 11) is -4.37. The van der Waals surface area contributed by atoms with E-state index in [4.69, 9.17) is 24.3 Å². The molecule has 1 unspecified atom stereocenters. The molecule has 0 aliphatic heterocycles. The van der Waals surface area contributed by atoms with Gasteiger partial charge in [-0.2, -0.15) is 0 Å². The number of carbonyl (C=O) groups is 2. The summed E-state index contributed by atoms with van der Waals surface area (Å²) in [6.07, 6.45) is 30.3. The number of ether oxygens (including phenoxy) is 2. The minimum absolute atomic E-state index is 0.0451. The molecule has 0 amide bonds. The second kappa shape index (κ2) is 30.0. The van der Waals surface area contributed by atoms with Crippen LogP contribution in [0.25, 0.3) is 0 Å². The van der Waals surface area contributed by atoms with E-state index >= 15 is 0 Å². The highest BCUT2D eigenvalue weighted by atomic mass is 31.2. The van der Waals surface area contributed by atoms with E-state index in [1.54, 1.807) is 0 Å². The van der Waals surface area contributed by atoms with Gasteiger partial charge in [0.25, 0.3) is 0 Å². The molecule has 0 radical (unpaired) electrons. The van der Waals surface area contributed by atoms with Crippen molar-refractivity contribution in [3.8, 4) is 0 Å². The van der Waals surface area contributed by atoms with Crippen LogP contribution in [-0.2, 0) is 32.7 Å². The molecule has 10 heteroatoms. The maximum absolute atomic E-state index is 12.4. The highest BCUT2D eigenvalue weighted by Gasteiger charge is 2.25. The topological polar surface area (TPSA) is 134 Å². The van der Waals surface area contributed by atoms with E-state index in [0.29, 0.717) is 6.42 Å². The Kier molecular flexibility index (Phi) is 28.6. The van der Waals surface area contributed by atoms with Crippen LogP contribution in [0.4, 0.5) is 0 Å². The van der Waals surface area contributed by atoms with E-state index in [0.717, 1.165) is 64.2 Å². The minimum atomic E-state index is -4.37. The summed E-state index contributed by atoms with van der Waals surface area (Å²) in [5.74, 6) is -0.892. The molecule has 0 fully saturated rings. The molecule has 2 atom stereocenters. The molecule has 0 aromatic heterocycles. The van der Waals surface area contributed by atoms with Gasteiger partial charge in [-0.3, -0.25) is 18.6 Å². The van der Waals surface area contributed by atoms with Crippen LogP contribution in [-0.4, -0.2) is 49.3 Å². The van der Waals surface area contributed by atoms with E-state index in [2.05, 4.69) is 62.5 Å². The number of allylic oxidation sites excluding steroid dienone is 8. The fraction of sp³-hybridized carbons (Fsp3) is 0.697. The van der Waals surface area contributed by atoms with Crippen LogP contribution >= 0.6 is 7.82 Å². The molecule has 43 heavy (non-hydrogen) atoms. The molecule has 0 rings (SSSR count). The Hall–Kier alpha value is -2.03. The van der Waals surface area contributed by atoms with Gasteiger partial charge < -0.3 is 20.1 Å². The zero-order valence-electron chi connectivity index (χ0n) is 26.7. The van der Waals surface area contributed by atoms with Crippen LogP contribution in [0.15, 0.2) is 48.6 Å².